The minimum absolute atomic E-state index is 0.0794. The highest BCUT2D eigenvalue weighted by Gasteiger charge is 2.25. The van der Waals surface area contributed by atoms with Crippen molar-refractivity contribution in [3.05, 3.63) is 59.4 Å². The molecule has 0 saturated carbocycles. The number of hydrogen-bond donors (Lipinski definition) is 3. The number of amides is 2. The Morgan fingerprint density at radius 2 is 1.68 bits per heavy atom. The highest BCUT2D eigenvalue weighted by Crippen LogP contribution is 2.18. The van der Waals surface area contributed by atoms with E-state index in [1.165, 1.54) is 0 Å². The number of anilines is 1. The van der Waals surface area contributed by atoms with E-state index in [1.54, 1.807) is 38.1 Å². The predicted molar refractivity (Wildman–Crippen MR) is 104 cm³/mol. The third kappa shape index (κ3) is 5.61. The molecule has 7 nitrogen and oxygen atoms in total. The zero-order chi connectivity index (χ0) is 21.1. The van der Waals surface area contributed by atoms with Gasteiger partial charge in [0, 0.05) is 11.3 Å². The SMILES string of the molecule is Cc1ccc(C(=O)NC(C(=O)Nc2cc(F)cc(S(N)(=O)=O)c2)C(C)C)cc1. The van der Waals surface area contributed by atoms with Gasteiger partial charge in [-0.05, 0) is 43.2 Å². The molecule has 2 rings (SSSR count). The number of hydrogen-bond acceptors (Lipinski definition) is 4. The number of primary sulfonamides is 1. The fourth-order valence-electron chi connectivity index (χ4n) is 2.48. The Hall–Kier alpha value is -2.78. The van der Waals surface area contributed by atoms with E-state index in [0.717, 1.165) is 23.8 Å². The molecule has 2 aromatic carbocycles. The van der Waals surface area contributed by atoms with Crippen LogP contribution in [-0.2, 0) is 14.8 Å². The predicted octanol–water partition coefficient (Wildman–Crippen LogP) is 2.17. The quantitative estimate of drug-likeness (QED) is 0.680. The zero-order valence-corrected chi connectivity index (χ0v) is 16.5. The van der Waals surface area contributed by atoms with E-state index in [2.05, 4.69) is 10.6 Å². The Labute approximate surface area is 163 Å². The van der Waals surface area contributed by atoms with Crippen LogP contribution in [0.3, 0.4) is 0 Å². The molecule has 0 aromatic heterocycles. The maximum Gasteiger partial charge on any atom is 0.251 e. The summed E-state index contributed by atoms with van der Waals surface area (Å²) in [5.74, 6) is -2.19. The topological polar surface area (TPSA) is 118 Å². The van der Waals surface area contributed by atoms with Gasteiger partial charge in [-0.25, -0.2) is 17.9 Å². The molecule has 1 unspecified atom stereocenters. The van der Waals surface area contributed by atoms with Crippen molar-refractivity contribution in [2.24, 2.45) is 11.1 Å². The van der Waals surface area contributed by atoms with Crippen LogP contribution in [0, 0.1) is 18.7 Å². The second-order valence-corrected chi connectivity index (χ2v) is 8.33. The summed E-state index contributed by atoms with van der Waals surface area (Å²) in [4.78, 5) is 24.6. The number of halogens is 1. The summed E-state index contributed by atoms with van der Waals surface area (Å²) in [6.07, 6.45) is 0. The van der Waals surface area contributed by atoms with Crippen molar-refractivity contribution in [3.63, 3.8) is 0 Å². The first kappa shape index (κ1) is 21.5. The van der Waals surface area contributed by atoms with E-state index in [-0.39, 0.29) is 11.6 Å². The molecule has 2 amide bonds. The number of benzene rings is 2. The molecule has 0 bridgehead atoms. The number of sulfonamides is 1. The molecule has 9 heteroatoms. The highest BCUT2D eigenvalue weighted by atomic mass is 32.2. The number of nitrogens with two attached hydrogens (primary N) is 1. The molecule has 0 fully saturated rings. The second kappa shape index (κ2) is 8.49. The summed E-state index contributed by atoms with van der Waals surface area (Å²) in [5, 5.41) is 10.1. The van der Waals surface area contributed by atoms with Crippen molar-refractivity contribution in [1.29, 1.82) is 0 Å². The summed E-state index contributed by atoms with van der Waals surface area (Å²) in [6, 6.07) is 8.69. The van der Waals surface area contributed by atoms with E-state index in [4.69, 9.17) is 5.14 Å². The van der Waals surface area contributed by atoms with Crippen molar-refractivity contribution in [1.82, 2.24) is 5.32 Å². The van der Waals surface area contributed by atoms with E-state index in [9.17, 15) is 22.4 Å². The van der Waals surface area contributed by atoms with Gasteiger partial charge in [-0.15, -0.1) is 0 Å². The van der Waals surface area contributed by atoms with Crippen LogP contribution in [-0.4, -0.2) is 26.3 Å². The Balaban J connectivity index is 2.20. The Kier molecular flexibility index (Phi) is 6.52. The number of carbonyl (C=O) groups excluding carboxylic acids is 2. The first-order valence-corrected chi connectivity index (χ1v) is 10.0. The lowest BCUT2D eigenvalue weighted by molar-refractivity contribution is -0.118. The Morgan fingerprint density at radius 1 is 1.07 bits per heavy atom. The highest BCUT2D eigenvalue weighted by molar-refractivity contribution is 7.89. The molecular weight excluding hydrogens is 385 g/mol. The smallest absolute Gasteiger partial charge is 0.251 e. The number of aryl methyl sites for hydroxylation is 1. The fourth-order valence-corrected chi connectivity index (χ4v) is 3.05. The van der Waals surface area contributed by atoms with Crippen LogP contribution >= 0.6 is 0 Å². The van der Waals surface area contributed by atoms with Gasteiger partial charge < -0.3 is 10.6 Å². The summed E-state index contributed by atoms with van der Waals surface area (Å²) < 4.78 is 36.6. The first-order chi connectivity index (χ1) is 13.0. The summed E-state index contributed by atoms with van der Waals surface area (Å²) in [5.41, 5.74) is 1.31. The Bertz CT molecular complexity index is 989. The van der Waals surface area contributed by atoms with E-state index in [1.807, 2.05) is 6.92 Å². The van der Waals surface area contributed by atoms with E-state index < -0.39 is 38.6 Å². The molecule has 0 aliphatic carbocycles. The molecular formula is C19H22FN3O4S. The van der Waals surface area contributed by atoms with Crippen molar-refractivity contribution in [3.8, 4) is 0 Å². The monoisotopic (exact) mass is 407 g/mol. The van der Waals surface area contributed by atoms with E-state index >= 15 is 0 Å². The van der Waals surface area contributed by atoms with Gasteiger partial charge in [0.15, 0.2) is 0 Å². The third-order valence-corrected chi connectivity index (χ3v) is 4.91. The van der Waals surface area contributed by atoms with Crippen molar-refractivity contribution >= 4 is 27.5 Å². The lowest BCUT2D eigenvalue weighted by Gasteiger charge is -2.22. The molecule has 0 aliphatic heterocycles. The molecule has 1 atom stereocenters. The number of rotatable bonds is 6. The van der Waals surface area contributed by atoms with Crippen LogP contribution in [0.5, 0.6) is 0 Å². The molecule has 0 spiro atoms. The second-order valence-electron chi connectivity index (χ2n) is 6.77. The van der Waals surface area contributed by atoms with Crippen LogP contribution in [0.15, 0.2) is 47.4 Å². The average Bonchev–Trinajstić information content (AvgIpc) is 2.58. The molecule has 0 saturated heterocycles. The molecule has 0 heterocycles. The van der Waals surface area contributed by atoms with Gasteiger partial charge in [-0.2, -0.15) is 0 Å². The lowest BCUT2D eigenvalue weighted by atomic mass is 10.0. The normalized spacial score (nSPS) is 12.5. The van der Waals surface area contributed by atoms with Crippen LogP contribution in [0.1, 0.15) is 29.8 Å². The first-order valence-electron chi connectivity index (χ1n) is 8.49. The molecule has 28 heavy (non-hydrogen) atoms. The minimum atomic E-state index is -4.14. The number of carbonyl (C=O) groups is 2. The lowest BCUT2D eigenvalue weighted by Crippen LogP contribution is -2.47. The fraction of sp³-hybridized carbons (Fsp3) is 0.263. The van der Waals surface area contributed by atoms with Crippen molar-refractivity contribution in [2.75, 3.05) is 5.32 Å². The maximum atomic E-state index is 13.7. The zero-order valence-electron chi connectivity index (χ0n) is 15.7. The Morgan fingerprint density at radius 3 is 2.21 bits per heavy atom. The molecule has 0 radical (unpaired) electrons. The van der Waals surface area contributed by atoms with Gasteiger partial charge in [0.2, 0.25) is 15.9 Å². The largest absolute Gasteiger partial charge is 0.340 e. The standard InChI is InChI=1S/C19H22FN3O4S/c1-11(2)17(23-18(24)13-6-4-12(3)5-7-13)19(25)22-15-8-14(20)9-16(10-15)28(21,26)27/h4-11,17H,1-3H3,(H,22,25)(H,23,24)(H2,21,26,27). The van der Waals surface area contributed by atoms with Gasteiger partial charge in [0.1, 0.15) is 11.9 Å². The number of nitrogens with one attached hydrogen (secondary N) is 2. The van der Waals surface area contributed by atoms with Crippen LogP contribution in [0.2, 0.25) is 0 Å². The average molecular weight is 407 g/mol. The van der Waals surface area contributed by atoms with Crippen LogP contribution in [0.4, 0.5) is 10.1 Å². The van der Waals surface area contributed by atoms with Crippen LogP contribution in [0.25, 0.3) is 0 Å². The van der Waals surface area contributed by atoms with Crippen LogP contribution < -0.4 is 15.8 Å². The van der Waals surface area contributed by atoms with Gasteiger partial charge in [0.25, 0.3) is 5.91 Å². The summed E-state index contributed by atoms with van der Waals surface area (Å²) in [7, 11) is -4.14. The third-order valence-electron chi connectivity index (χ3n) is 4.02. The molecule has 150 valence electrons. The summed E-state index contributed by atoms with van der Waals surface area (Å²) >= 11 is 0. The maximum absolute atomic E-state index is 13.7. The van der Waals surface area contributed by atoms with Gasteiger partial charge in [-0.1, -0.05) is 31.5 Å². The van der Waals surface area contributed by atoms with Gasteiger partial charge in [-0.3, -0.25) is 9.59 Å². The van der Waals surface area contributed by atoms with Crippen molar-refractivity contribution < 1.29 is 22.4 Å². The van der Waals surface area contributed by atoms with E-state index in [0.29, 0.717) is 5.56 Å². The minimum Gasteiger partial charge on any atom is -0.340 e. The summed E-state index contributed by atoms with van der Waals surface area (Å²) in [6.45, 7) is 5.36. The van der Waals surface area contributed by atoms with Gasteiger partial charge in [0.05, 0.1) is 4.90 Å². The molecule has 2 aromatic rings. The van der Waals surface area contributed by atoms with Gasteiger partial charge >= 0.3 is 0 Å². The molecule has 0 aliphatic rings. The molecule has 4 N–H and O–H groups in total. The van der Waals surface area contributed by atoms with Crippen molar-refractivity contribution in [2.45, 2.75) is 31.7 Å².